The van der Waals surface area contributed by atoms with E-state index in [-0.39, 0.29) is 28.4 Å². The maximum absolute atomic E-state index is 11.8. The molecule has 0 aliphatic heterocycles. The molecule has 0 saturated carbocycles. The van der Waals surface area contributed by atoms with Gasteiger partial charge < -0.3 is 15.9 Å². The standard InChI is InChI=1S/C20H20N4O3.BrH/c21-8-1-9-24-19(20(26)27)15-7-4-13-11-22-17(10-16(13)18(15)23-24)12-2-5-14(25)6-3-12;/h2-3,5-6,10-11,25H,1,4,7-9,21H2,(H,26,27);1H. The predicted molar refractivity (Wildman–Crippen MR) is 111 cm³/mol. The zero-order valence-corrected chi connectivity index (χ0v) is 16.8. The molecule has 1 aromatic carbocycles. The molecule has 0 bridgehead atoms. The number of carboxylic acids is 1. The van der Waals surface area contributed by atoms with Crippen molar-refractivity contribution in [2.45, 2.75) is 25.8 Å². The average molecular weight is 445 g/mol. The summed E-state index contributed by atoms with van der Waals surface area (Å²) >= 11 is 0. The van der Waals surface area contributed by atoms with Crippen molar-refractivity contribution in [2.24, 2.45) is 5.73 Å². The molecule has 0 spiro atoms. The van der Waals surface area contributed by atoms with E-state index in [9.17, 15) is 15.0 Å². The predicted octanol–water partition coefficient (Wildman–Crippen LogP) is 3.04. The van der Waals surface area contributed by atoms with E-state index in [0.29, 0.717) is 31.6 Å². The molecule has 0 radical (unpaired) electrons. The van der Waals surface area contributed by atoms with Crippen LogP contribution in [0.15, 0.2) is 36.5 Å². The molecule has 2 heterocycles. The van der Waals surface area contributed by atoms with Crippen molar-refractivity contribution in [3.8, 4) is 28.3 Å². The molecule has 28 heavy (non-hydrogen) atoms. The van der Waals surface area contributed by atoms with Crippen LogP contribution in [0.5, 0.6) is 5.75 Å². The van der Waals surface area contributed by atoms with Gasteiger partial charge in [-0.05, 0) is 61.7 Å². The first-order chi connectivity index (χ1) is 13.1. The van der Waals surface area contributed by atoms with E-state index < -0.39 is 5.97 Å². The van der Waals surface area contributed by atoms with Crippen molar-refractivity contribution < 1.29 is 15.0 Å². The number of nitrogens with zero attached hydrogens (tertiary/aromatic N) is 3. The fraction of sp³-hybridized carbons (Fsp3) is 0.250. The Bertz CT molecular complexity index is 1020. The van der Waals surface area contributed by atoms with Crippen molar-refractivity contribution >= 4 is 23.0 Å². The average Bonchev–Trinajstić information content (AvgIpc) is 3.05. The third kappa shape index (κ3) is 3.53. The Kier molecular flexibility index (Phi) is 5.81. The number of phenols is 1. The van der Waals surface area contributed by atoms with Crippen molar-refractivity contribution in [1.82, 2.24) is 14.8 Å². The van der Waals surface area contributed by atoms with E-state index in [2.05, 4.69) is 10.1 Å². The van der Waals surface area contributed by atoms with E-state index in [0.717, 1.165) is 34.4 Å². The number of nitrogens with two attached hydrogens (primary N) is 1. The Hall–Kier alpha value is -2.71. The van der Waals surface area contributed by atoms with Crippen LogP contribution in [0.3, 0.4) is 0 Å². The molecule has 0 atom stereocenters. The largest absolute Gasteiger partial charge is 0.508 e. The lowest BCUT2D eigenvalue weighted by molar-refractivity contribution is 0.0681. The van der Waals surface area contributed by atoms with Crippen LogP contribution in [0.25, 0.3) is 22.5 Å². The Labute approximate surface area is 172 Å². The molecule has 1 aliphatic carbocycles. The van der Waals surface area contributed by atoms with E-state index in [4.69, 9.17) is 5.73 Å². The van der Waals surface area contributed by atoms with Gasteiger partial charge in [-0.15, -0.1) is 17.0 Å². The minimum Gasteiger partial charge on any atom is -0.508 e. The summed E-state index contributed by atoms with van der Waals surface area (Å²) in [6.07, 6.45) is 3.86. The second-order valence-electron chi connectivity index (χ2n) is 6.62. The van der Waals surface area contributed by atoms with E-state index >= 15 is 0 Å². The van der Waals surface area contributed by atoms with E-state index in [1.165, 1.54) is 0 Å². The summed E-state index contributed by atoms with van der Waals surface area (Å²) in [7, 11) is 0. The summed E-state index contributed by atoms with van der Waals surface area (Å²) in [6.45, 7) is 0.964. The monoisotopic (exact) mass is 444 g/mol. The molecule has 4 rings (SSSR count). The summed E-state index contributed by atoms with van der Waals surface area (Å²) in [5, 5.41) is 23.8. The molecule has 4 N–H and O–H groups in total. The molecule has 0 saturated heterocycles. The van der Waals surface area contributed by atoms with E-state index in [1.54, 1.807) is 28.9 Å². The molecule has 0 unspecified atom stereocenters. The maximum atomic E-state index is 11.8. The van der Waals surface area contributed by atoms with Gasteiger partial charge in [0, 0.05) is 29.4 Å². The topological polar surface area (TPSA) is 114 Å². The highest BCUT2D eigenvalue weighted by molar-refractivity contribution is 8.93. The second kappa shape index (κ2) is 8.12. The summed E-state index contributed by atoms with van der Waals surface area (Å²) in [4.78, 5) is 16.4. The maximum Gasteiger partial charge on any atom is 0.354 e. The van der Waals surface area contributed by atoms with Gasteiger partial charge >= 0.3 is 5.97 Å². The number of carboxylic acid groups (broad SMARTS) is 1. The first-order valence-corrected chi connectivity index (χ1v) is 8.90. The molecule has 2 aromatic heterocycles. The number of pyridine rings is 1. The number of hydrogen-bond acceptors (Lipinski definition) is 5. The number of aromatic hydroxyl groups is 1. The zero-order chi connectivity index (χ0) is 19.0. The molecular formula is C20H21BrN4O3. The number of aromatic nitrogens is 3. The first-order valence-electron chi connectivity index (χ1n) is 8.90. The second-order valence-corrected chi connectivity index (χ2v) is 6.62. The fourth-order valence-corrected chi connectivity index (χ4v) is 3.55. The van der Waals surface area contributed by atoms with Crippen LogP contribution >= 0.6 is 17.0 Å². The number of fused-ring (bicyclic) bond motifs is 3. The molecule has 0 fully saturated rings. The van der Waals surface area contributed by atoms with Gasteiger partial charge in [0.25, 0.3) is 0 Å². The van der Waals surface area contributed by atoms with Crippen LogP contribution in [0.4, 0.5) is 0 Å². The van der Waals surface area contributed by atoms with Crippen molar-refractivity contribution in [3.05, 3.63) is 53.3 Å². The summed E-state index contributed by atoms with van der Waals surface area (Å²) in [6, 6.07) is 8.79. The fourth-order valence-electron chi connectivity index (χ4n) is 3.55. The molecule has 3 aromatic rings. The lowest BCUT2D eigenvalue weighted by atomic mass is 9.89. The smallest absolute Gasteiger partial charge is 0.354 e. The normalized spacial score (nSPS) is 12.0. The quantitative estimate of drug-likeness (QED) is 0.556. The Morgan fingerprint density at radius 2 is 1.96 bits per heavy atom. The highest BCUT2D eigenvalue weighted by atomic mass is 79.9. The van der Waals surface area contributed by atoms with Crippen LogP contribution in [0.1, 0.15) is 28.0 Å². The van der Waals surface area contributed by atoms with Crippen molar-refractivity contribution in [3.63, 3.8) is 0 Å². The van der Waals surface area contributed by atoms with Crippen LogP contribution < -0.4 is 5.73 Å². The van der Waals surface area contributed by atoms with Gasteiger partial charge in [0.2, 0.25) is 0 Å². The zero-order valence-electron chi connectivity index (χ0n) is 15.1. The number of rotatable bonds is 5. The van der Waals surface area contributed by atoms with Crippen LogP contribution in [0, 0.1) is 0 Å². The number of aromatic carboxylic acids is 1. The van der Waals surface area contributed by atoms with Crippen molar-refractivity contribution in [2.75, 3.05) is 6.54 Å². The lowest BCUT2D eigenvalue weighted by Gasteiger charge is -2.16. The third-order valence-electron chi connectivity index (χ3n) is 4.88. The highest BCUT2D eigenvalue weighted by Gasteiger charge is 2.28. The van der Waals surface area contributed by atoms with Gasteiger partial charge in [0.1, 0.15) is 11.4 Å². The van der Waals surface area contributed by atoms with Gasteiger partial charge in [0.05, 0.1) is 11.4 Å². The number of carbonyl (C=O) groups is 1. The number of phenolic OH excluding ortho intramolecular Hbond substituents is 1. The van der Waals surface area contributed by atoms with Crippen LogP contribution in [-0.2, 0) is 19.4 Å². The summed E-state index contributed by atoms with van der Waals surface area (Å²) in [5.74, 6) is -0.763. The Morgan fingerprint density at radius 3 is 2.64 bits per heavy atom. The molecule has 0 amide bonds. The van der Waals surface area contributed by atoms with Gasteiger partial charge in [-0.1, -0.05) is 0 Å². The lowest BCUT2D eigenvalue weighted by Crippen LogP contribution is -2.14. The first kappa shape index (κ1) is 20.0. The molecule has 7 nitrogen and oxygen atoms in total. The molecular weight excluding hydrogens is 424 g/mol. The molecule has 8 heteroatoms. The third-order valence-corrected chi connectivity index (χ3v) is 4.88. The minimum atomic E-state index is -0.961. The Balaban J connectivity index is 0.00000225. The van der Waals surface area contributed by atoms with Crippen molar-refractivity contribution in [1.29, 1.82) is 0 Å². The number of aryl methyl sites for hydroxylation is 2. The molecule has 1 aliphatic rings. The Morgan fingerprint density at radius 1 is 1.21 bits per heavy atom. The molecule has 146 valence electrons. The highest BCUT2D eigenvalue weighted by Crippen LogP contribution is 2.36. The SMILES string of the molecule is Br.NCCCn1nc2c(c1C(=O)O)CCc1cnc(-c3ccc(O)cc3)cc1-2. The van der Waals surface area contributed by atoms with E-state index in [1.807, 2.05) is 12.3 Å². The van der Waals surface area contributed by atoms with Gasteiger partial charge in [-0.3, -0.25) is 9.67 Å². The summed E-state index contributed by atoms with van der Waals surface area (Å²) < 4.78 is 1.57. The minimum absolute atomic E-state index is 0. The number of halogens is 1. The number of hydrogen-bond donors (Lipinski definition) is 3. The summed E-state index contributed by atoms with van der Waals surface area (Å²) in [5.41, 5.74) is 10.9. The van der Waals surface area contributed by atoms with Crippen LogP contribution in [-0.4, -0.2) is 37.5 Å². The van der Waals surface area contributed by atoms with Crippen LogP contribution in [0.2, 0.25) is 0 Å². The van der Waals surface area contributed by atoms with Gasteiger partial charge in [-0.2, -0.15) is 5.10 Å². The number of benzene rings is 1. The van der Waals surface area contributed by atoms with Gasteiger partial charge in [-0.25, -0.2) is 4.79 Å². The van der Waals surface area contributed by atoms with Gasteiger partial charge in [0.15, 0.2) is 0 Å².